The van der Waals surface area contributed by atoms with E-state index in [0.29, 0.717) is 6.54 Å². The first kappa shape index (κ1) is 13.6. The number of aryl methyl sites for hydroxylation is 1. The lowest BCUT2D eigenvalue weighted by atomic mass is 10.1. The number of hydrogen-bond acceptors (Lipinski definition) is 2. The molecule has 0 unspecified atom stereocenters. The SMILES string of the molecule is Cc1cccc2c(CCNC(=O)C(C)(C)N)c[nH]c12. The Morgan fingerprint density at radius 3 is 2.84 bits per heavy atom. The number of benzene rings is 1. The molecule has 1 heterocycles. The van der Waals surface area contributed by atoms with Crippen LogP contribution in [0.1, 0.15) is 25.0 Å². The van der Waals surface area contributed by atoms with Gasteiger partial charge in [-0.3, -0.25) is 4.79 Å². The van der Waals surface area contributed by atoms with E-state index in [2.05, 4.69) is 35.4 Å². The van der Waals surface area contributed by atoms with Crippen LogP contribution in [0, 0.1) is 6.92 Å². The highest BCUT2D eigenvalue weighted by atomic mass is 16.2. The van der Waals surface area contributed by atoms with Crippen molar-refractivity contribution >= 4 is 16.8 Å². The summed E-state index contributed by atoms with van der Waals surface area (Å²) >= 11 is 0. The van der Waals surface area contributed by atoms with E-state index < -0.39 is 5.54 Å². The van der Waals surface area contributed by atoms with E-state index in [1.807, 2.05) is 6.20 Å². The van der Waals surface area contributed by atoms with Gasteiger partial charge >= 0.3 is 0 Å². The van der Waals surface area contributed by atoms with Gasteiger partial charge in [0.2, 0.25) is 5.91 Å². The summed E-state index contributed by atoms with van der Waals surface area (Å²) in [5, 5.41) is 4.09. The fraction of sp³-hybridized carbons (Fsp3) is 0.400. The third-order valence-corrected chi connectivity index (χ3v) is 3.27. The number of fused-ring (bicyclic) bond motifs is 1. The zero-order chi connectivity index (χ0) is 14.0. The van der Waals surface area contributed by atoms with Crippen molar-refractivity contribution in [3.05, 3.63) is 35.5 Å². The molecule has 0 radical (unpaired) electrons. The van der Waals surface area contributed by atoms with Crippen LogP contribution in [0.4, 0.5) is 0 Å². The van der Waals surface area contributed by atoms with Crippen LogP contribution in [0.5, 0.6) is 0 Å². The first-order chi connectivity index (χ1) is 8.89. The van der Waals surface area contributed by atoms with Gasteiger partial charge in [0.1, 0.15) is 0 Å². The van der Waals surface area contributed by atoms with Crippen LogP contribution in [-0.2, 0) is 11.2 Å². The number of rotatable bonds is 4. The molecule has 4 heteroatoms. The number of para-hydroxylation sites is 1. The minimum atomic E-state index is -0.823. The van der Waals surface area contributed by atoms with Crippen LogP contribution < -0.4 is 11.1 Å². The molecule has 2 aromatic rings. The van der Waals surface area contributed by atoms with E-state index in [-0.39, 0.29) is 5.91 Å². The molecule has 0 aliphatic rings. The summed E-state index contributed by atoms with van der Waals surface area (Å²) in [6.45, 7) is 6.09. The number of nitrogens with one attached hydrogen (secondary N) is 2. The second-order valence-corrected chi connectivity index (χ2v) is 5.54. The topological polar surface area (TPSA) is 70.9 Å². The van der Waals surface area contributed by atoms with Gasteiger partial charge in [-0.05, 0) is 38.3 Å². The summed E-state index contributed by atoms with van der Waals surface area (Å²) in [7, 11) is 0. The fourth-order valence-corrected chi connectivity index (χ4v) is 2.11. The van der Waals surface area contributed by atoms with Crippen LogP contribution in [0.2, 0.25) is 0 Å². The summed E-state index contributed by atoms with van der Waals surface area (Å²) < 4.78 is 0. The largest absolute Gasteiger partial charge is 0.361 e. The summed E-state index contributed by atoms with van der Waals surface area (Å²) in [4.78, 5) is 15.0. The molecule has 2 rings (SSSR count). The Kier molecular flexibility index (Phi) is 3.62. The first-order valence-corrected chi connectivity index (χ1v) is 6.52. The van der Waals surface area contributed by atoms with E-state index >= 15 is 0 Å². The monoisotopic (exact) mass is 259 g/mol. The molecule has 0 bridgehead atoms. The second kappa shape index (κ2) is 5.05. The molecule has 0 saturated carbocycles. The van der Waals surface area contributed by atoms with Crippen molar-refractivity contribution in [2.75, 3.05) is 6.54 Å². The lowest BCUT2D eigenvalue weighted by Crippen LogP contribution is -2.49. The molecule has 1 aromatic carbocycles. The molecule has 19 heavy (non-hydrogen) atoms. The van der Waals surface area contributed by atoms with Crippen molar-refractivity contribution in [1.29, 1.82) is 0 Å². The molecule has 0 fully saturated rings. The number of H-pyrrole nitrogens is 1. The van der Waals surface area contributed by atoms with Gasteiger partial charge in [-0.15, -0.1) is 0 Å². The minimum absolute atomic E-state index is 0.122. The highest BCUT2D eigenvalue weighted by Crippen LogP contribution is 2.21. The Labute approximate surface area is 113 Å². The molecule has 102 valence electrons. The van der Waals surface area contributed by atoms with Gasteiger partial charge in [0.05, 0.1) is 5.54 Å². The molecule has 0 spiro atoms. The average Bonchev–Trinajstić information content (AvgIpc) is 2.73. The Balaban J connectivity index is 2.03. The van der Waals surface area contributed by atoms with Crippen LogP contribution in [0.15, 0.2) is 24.4 Å². The Hall–Kier alpha value is -1.81. The molecule has 0 atom stereocenters. The average molecular weight is 259 g/mol. The number of aromatic amines is 1. The Morgan fingerprint density at radius 1 is 1.42 bits per heavy atom. The van der Waals surface area contributed by atoms with Crippen molar-refractivity contribution in [2.24, 2.45) is 5.73 Å². The molecule has 0 saturated heterocycles. The summed E-state index contributed by atoms with van der Waals surface area (Å²) in [6, 6.07) is 6.24. The highest BCUT2D eigenvalue weighted by molar-refractivity contribution is 5.86. The maximum atomic E-state index is 11.7. The second-order valence-electron chi connectivity index (χ2n) is 5.54. The minimum Gasteiger partial charge on any atom is -0.361 e. The summed E-state index contributed by atoms with van der Waals surface area (Å²) in [5.41, 5.74) is 8.53. The van der Waals surface area contributed by atoms with Gasteiger partial charge in [0.15, 0.2) is 0 Å². The molecular formula is C15H21N3O. The number of hydrogen-bond donors (Lipinski definition) is 3. The molecule has 1 aromatic heterocycles. The zero-order valence-electron chi connectivity index (χ0n) is 11.7. The van der Waals surface area contributed by atoms with Gasteiger partial charge in [0, 0.05) is 23.6 Å². The summed E-state index contributed by atoms with van der Waals surface area (Å²) in [6.07, 6.45) is 2.81. The molecule has 4 nitrogen and oxygen atoms in total. The Morgan fingerprint density at radius 2 is 2.16 bits per heavy atom. The lowest BCUT2D eigenvalue weighted by molar-refractivity contribution is -0.125. The molecule has 0 aliphatic carbocycles. The van der Waals surface area contributed by atoms with Crippen LogP contribution in [-0.4, -0.2) is 23.0 Å². The quantitative estimate of drug-likeness (QED) is 0.784. The molecule has 1 amide bonds. The van der Waals surface area contributed by atoms with Gasteiger partial charge in [0.25, 0.3) is 0 Å². The number of aromatic nitrogens is 1. The lowest BCUT2D eigenvalue weighted by Gasteiger charge is -2.17. The predicted octanol–water partition coefficient (Wildman–Crippen LogP) is 1.87. The molecule has 4 N–H and O–H groups in total. The smallest absolute Gasteiger partial charge is 0.239 e. The number of carbonyl (C=O) groups is 1. The number of amides is 1. The van der Waals surface area contributed by atoms with Crippen molar-refractivity contribution in [1.82, 2.24) is 10.3 Å². The van der Waals surface area contributed by atoms with E-state index in [4.69, 9.17) is 5.73 Å². The van der Waals surface area contributed by atoms with E-state index in [1.54, 1.807) is 13.8 Å². The first-order valence-electron chi connectivity index (χ1n) is 6.52. The van der Waals surface area contributed by atoms with Crippen molar-refractivity contribution in [2.45, 2.75) is 32.7 Å². The molecule has 0 aliphatic heterocycles. The van der Waals surface area contributed by atoms with Gasteiger partial charge in [-0.25, -0.2) is 0 Å². The maximum Gasteiger partial charge on any atom is 0.239 e. The van der Waals surface area contributed by atoms with Gasteiger partial charge in [-0.1, -0.05) is 18.2 Å². The van der Waals surface area contributed by atoms with E-state index in [9.17, 15) is 4.79 Å². The summed E-state index contributed by atoms with van der Waals surface area (Å²) in [5.74, 6) is -0.122. The highest BCUT2D eigenvalue weighted by Gasteiger charge is 2.20. The van der Waals surface area contributed by atoms with E-state index in [0.717, 1.165) is 6.42 Å². The van der Waals surface area contributed by atoms with Gasteiger partial charge in [-0.2, -0.15) is 0 Å². The fourth-order valence-electron chi connectivity index (χ4n) is 2.11. The third-order valence-electron chi connectivity index (χ3n) is 3.27. The maximum absolute atomic E-state index is 11.7. The van der Waals surface area contributed by atoms with Crippen LogP contribution in [0.25, 0.3) is 10.9 Å². The normalized spacial score (nSPS) is 11.8. The zero-order valence-corrected chi connectivity index (χ0v) is 11.7. The molecular weight excluding hydrogens is 238 g/mol. The van der Waals surface area contributed by atoms with Crippen LogP contribution >= 0.6 is 0 Å². The van der Waals surface area contributed by atoms with Crippen molar-refractivity contribution < 1.29 is 4.79 Å². The standard InChI is InChI=1S/C15H21N3O/c1-10-5-4-6-12-11(9-18-13(10)12)7-8-17-14(19)15(2,3)16/h4-6,9,18H,7-8,16H2,1-3H3,(H,17,19). The van der Waals surface area contributed by atoms with Crippen molar-refractivity contribution in [3.8, 4) is 0 Å². The third kappa shape index (κ3) is 2.96. The van der Waals surface area contributed by atoms with E-state index in [1.165, 1.54) is 22.0 Å². The Bertz CT molecular complexity index is 593. The number of carbonyl (C=O) groups excluding carboxylic acids is 1. The van der Waals surface area contributed by atoms with Gasteiger partial charge < -0.3 is 16.0 Å². The van der Waals surface area contributed by atoms with Crippen molar-refractivity contribution in [3.63, 3.8) is 0 Å². The van der Waals surface area contributed by atoms with Crippen LogP contribution in [0.3, 0.4) is 0 Å². The predicted molar refractivity (Wildman–Crippen MR) is 78.0 cm³/mol. The number of nitrogens with two attached hydrogens (primary N) is 1.